The van der Waals surface area contributed by atoms with Gasteiger partial charge >= 0.3 is 0 Å². The van der Waals surface area contributed by atoms with Crippen LogP contribution in [0.25, 0.3) is 0 Å². The minimum atomic E-state index is -0.471. The topological polar surface area (TPSA) is 52.9 Å². The largest absolute Gasteiger partial charge is 0.355 e. The van der Waals surface area contributed by atoms with Gasteiger partial charge in [-0.15, -0.1) is 0 Å². The maximum atomic E-state index is 11.6. The van der Waals surface area contributed by atoms with Crippen LogP contribution < -0.4 is 5.32 Å². The Morgan fingerprint density at radius 1 is 1.56 bits per heavy atom. The van der Waals surface area contributed by atoms with E-state index in [1.165, 1.54) is 25.7 Å². The molecule has 0 aromatic heterocycles. The zero-order chi connectivity index (χ0) is 12.0. The molecule has 1 amide bonds. The first-order valence-electron chi connectivity index (χ1n) is 6.34. The van der Waals surface area contributed by atoms with E-state index in [1.54, 1.807) is 0 Å². The highest BCUT2D eigenvalue weighted by atomic mass is 16.1. The fourth-order valence-corrected chi connectivity index (χ4v) is 2.45. The summed E-state index contributed by atoms with van der Waals surface area (Å²) in [5.41, 5.74) is 0. The van der Waals surface area contributed by atoms with Crippen LogP contribution in [0.5, 0.6) is 0 Å². The highest BCUT2D eigenvalue weighted by molar-refractivity contribution is 5.80. The molecule has 0 bridgehead atoms. The van der Waals surface area contributed by atoms with Crippen LogP contribution in [0, 0.1) is 29.1 Å². The van der Waals surface area contributed by atoms with Crippen molar-refractivity contribution in [1.82, 2.24) is 5.32 Å². The number of nitrogens with one attached hydrogen (secondary N) is 1. The van der Waals surface area contributed by atoms with Crippen molar-refractivity contribution in [1.29, 1.82) is 5.26 Å². The van der Waals surface area contributed by atoms with Gasteiger partial charge in [0.25, 0.3) is 0 Å². The molecule has 90 valence electrons. The van der Waals surface area contributed by atoms with E-state index in [1.807, 2.05) is 13.0 Å². The lowest BCUT2D eigenvalue weighted by Gasteiger charge is -2.27. The number of carbonyl (C=O) groups is 1. The second-order valence-corrected chi connectivity index (χ2v) is 4.97. The second-order valence-electron chi connectivity index (χ2n) is 4.97. The molecule has 3 heteroatoms. The van der Waals surface area contributed by atoms with Crippen LogP contribution in [0.2, 0.25) is 0 Å². The van der Waals surface area contributed by atoms with Crippen molar-refractivity contribution in [2.75, 3.05) is 6.54 Å². The van der Waals surface area contributed by atoms with E-state index in [-0.39, 0.29) is 5.91 Å². The highest BCUT2D eigenvalue weighted by Gasteiger charge is 2.21. The van der Waals surface area contributed by atoms with Gasteiger partial charge in [0, 0.05) is 6.54 Å². The normalized spacial score (nSPS) is 26.8. The summed E-state index contributed by atoms with van der Waals surface area (Å²) in [5.74, 6) is 0.835. The van der Waals surface area contributed by atoms with Gasteiger partial charge in [0.1, 0.15) is 5.92 Å². The van der Waals surface area contributed by atoms with Gasteiger partial charge < -0.3 is 5.32 Å². The summed E-state index contributed by atoms with van der Waals surface area (Å²) in [6.45, 7) is 4.90. The number of nitrogens with zero attached hydrogens (tertiary/aromatic N) is 1. The van der Waals surface area contributed by atoms with Gasteiger partial charge in [-0.1, -0.05) is 26.7 Å². The van der Waals surface area contributed by atoms with Crippen LogP contribution in [-0.4, -0.2) is 12.5 Å². The Kier molecular flexibility index (Phi) is 5.31. The number of amides is 1. The van der Waals surface area contributed by atoms with E-state index >= 15 is 0 Å². The van der Waals surface area contributed by atoms with E-state index < -0.39 is 5.92 Å². The van der Waals surface area contributed by atoms with Crippen molar-refractivity contribution in [3.63, 3.8) is 0 Å². The van der Waals surface area contributed by atoms with Crippen molar-refractivity contribution >= 4 is 5.91 Å². The van der Waals surface area contributed by atoms with Crippen molar-refractivity contribution in [3.8, 4) is 6.07 Å². The van der Waals surface area contributed by atoms with Crippen molar-refractivity contribution in [3.05, 3.63) is 0 Å². The number of carbonyl (C=O) groups excluding carboxylic acids is 1. The van der Waals surface area contributed by atoms with E-state index in [4.69, 9.17) is 5.26 Å². The SMILES string of the molecule is CCC(C#N)C(=O)NCC1CCCC(C)C1. The average molecular weight is 222 g/mol. The Morgan fingerprint density at radius 2 is 2.31 bits per heavy atom. The van der Waals surface area contributed by atoms with Gasteiger partial charge in [-0.25, -0.2) is 0 Å². The van der Waals surface area contributed by atoms with E-state index in [2.05, 4.69) is 12.2 Å². The molecule has 1 saturated carbocycles. The maximum absolute atomic E-state index is 11.6. The first kappa shape index (κ1) is 13.0. The van der Waals surface area contributed by atoms with Crippen LogP contribution >= 0.6 is 0 Å². The number of nitriles is 1. The Bertz CT molecular complexity index is 270. The van der Waals surface area contributed by atoms with Gasteiger partial charge in [-0.3, -0.25) is 4.79 Å². The zero-order valence-corrected chi connectivity index (χ0v) is 10.3. The molecule has 0 aromatic carbocycles. The molecule has 3 nitrogen and oxygen atoms in total. The summed E-state index contributed by atoms with van der Waals surface area (Å²) in [4.78, 5) is 11.6. The standard InChI is InChI=1S/C13H22N2O/c1-3-12(8-14)13(16)15-9-11-6-4-5-10(2)7-11/h10-12H,3-7,9H2,1-2H3,(H,15,16). The Morgan fingerprint density at radius 3 is 2.88 bits per heavy atom. The molecule has 0 heterocycles. The molecule has 0 radical (unpaired) electrons. The molecule has 16 heavy (non-hydrogen) atoms. The van der Waals surface area contributed by atoms with Gasteiger partial charge in [0.15, 0.2) is 0 Å². The lowest BCUT2D eigenvalue weighted by atomic mass is 9.82. The third-order valence-corrected chi connectivity index (χ3v) is 3.49. The molecule has 1 rings (SSSR count). The molecule has 1 fully saturated rings. The highest BCUT2D eigenvalue weighted by Crippen LogP contribution is 2.27. The maximum Gasteiger partial charge on any atom is 0.237 e. The fraction of sp³-hybridized carbons (Fsp3) is 0.846. The number of hydrogen-bond donors (Lipinski definition) is 1. The van der Waals surface area contributed by atoms with Gasteiger partial charge in [-0.2, -0.15) is 5.26 Å². The zero-order valence-electron chi connectivity index (χ0n) is 10.3. The molecule has 0 aromatic rings. The molecule has 0 spiro atoms. The smallest absolute Gasteiger partial charge is 0.237 e. The molecule has 1 N–H and O–H groups in total. The summed E-state index contributed by atoms with van der Waals surface area (Å²) < 4.78 is 0. The van der Waals surface area contributed by atoms with Crippen LogP contribution in [-0.2, 0) is 4.79 Å². The summed E-state index contributed by atoms with van der Waals surface area (Å²) in [6, 6.07) is 2.04. The van der Waals surface area contributed by atoms with Gasteiger partial charge in [0.05, 0.1) is 6.07 Å². The quantitative estimate of drug-likeness (QED) is 0.794. The molecule has 0 aliphatic heterocycles. The molecule has 1 aliphatic rings. The van der Waals surface area contributed by atoms with E-state index in [0.717, 1.165) is 12.5 Å². The third-order valence-electron chi connectivity index (χ3n) is 3.49. The first-order chi connectivity index (χ1) is 7.67. The molecular formula is C13H22N2O. The van der Waals surface area contributed by atoms with Crippen molar-refractivity contribution < 1.29 is 4.79 Å². The Hall–Kier alpha value is -1.04. The second kappa shape index (κ2) is 6.52. The summed E-state index contributed by atoms with van der Waals surface area (Å²) in [6.07, 6.45) is 5.62. The van der Waals surface area contributed by atoms with Crippen LogP contribution in [0.15, 0.2) is 0 Å². The lowest BCUT2D eigenvalue weighted by molar-refractivity contribution is -0.123. The molecule has 1 aliphatic carbocycles. The summed E-state index contributed by atoms with van der Waals surface area (Å²) in [7, 11) is 0. The fourth-order valence-electron chi connectivity index (χ4n) is 2.45. The summed E-state index contributed by atoms with van der Waals surface area (Å²) in [5, 5.41) is 11.7. The summed E-state index contributed by atoms with van der Waals surface area (Å²) >= 11 is 0. The van der Waals surface area contributed by atoms with Crippen LogP contribution in [0.4, 0.5) is 0 Å². The third kappa shape index (κ3) is 3.84. The molecule has 3 unspecified atom stereocenters. The van der Waals surface area contributed by atoms with Crippen molar-refractivity contribution in [2.45, 2.75) is 46.0 Å². The number of rotatable bonds is 4. The minimum Gasteiger partial charge on any atom is -0.355 e. The molecule has 3 atom stereocenters. The Balaban J connectivity index is 2.28. The molecular weight excluding hydrogens is 200 g/mol. The average Bonchev–Trinajstić information content (AvgIpc) is 2.28. The predicted molar refractivity (Wildman–Crippen MR) is 63.5 cm³/mol. The van der Waals surface area contributed by atoms with E-state index in [0.29, 0.717) is 12.3 Å². The first-order valence-corrected chi connectivity index (χ1v) is 6.34. The van der Waals surface area contributed by atoms with E-state index in [9.17, 15) is 4.79 Å². The number of hydrogen-bond acceptors (Lipinski definition) is 2. The monoisotopic (exact) mass is 222 g/mol. The van der Waals surface area contributed by atoms with Gasteiger partial charge in [0.2, 0.25) is 5.91 Å². The van der Waals surface area contributed by atoms with Gasteiger partial charge in [-0.05, 0) is 31.1 Å². The van der Waals surface area contributed by atoms with Crippen LogP contribution in [0.3, 0.4) is 0 Å². The van der Waals surface area contributed by atoms with Crippen molar-refractivity contribution in [2.24, 2.45) is 17.8 Å². The molecule has 0 saturated heterocycles. The van der Waals surface area contributed by atoms with Crippen LogP contribution in [0.1, 0.15) is 46.0 Å². The predicted octanol–water partition coefficient (Wildman–Crippen LogP) is 2.48. The minimum absolute atomic E-state index is 0.0942. The lowest BCUT2D eigenvalue weighted by Crippen LogP contribution is -2.35. The Labute approximate surface area is 98.2 Å².